The predicted octanol–water partition coefficient (Wildman–Crippen LogP) is 2.98. The van der Waals surface area contributed by atoms with Crippen molar-refractivity contribution in [2.45, 2.75) is 19.8 Å². The van der Waals surface area contributed by atoms with Gasteiger partial charge in [0.2, 0.25) is 0 Å². The molecule has 1 aromatic heterocycles. The lowest BCUT2D eigenvalue weighted by atomic mass is 10.2. The summed E-state index contributed by atoms with van der Waals surface area (Å²) >= 11 is 1.49. The summed E-state index contributed by atoms with van der Waals surface area (Å²) in [6.07, 6.45) is 4.07. The van der Waals surface area contributed by atoms with Crippen molar-refractivity contribution in [2.24, 2.45) is 4.99 Å². The third-order valence-corrected chi connectivity index (χ3v) is 4.88. The highest BCUT2D eigenvalue weighted by Gasteiger charge is 2.18. The first-order chi connectivity index (χ1) is 11.6. The summed E-state index contributed by atoms with van der Waals surface area (Å²) in [7, 11) is 3.23. The molecular weight excluding hydrogens is 326 g/mol. The number of rotatable bonds is 3. The Morgan fingerprint density at radius 2 is 1.96 bits per heavy atom. The van der Waals surface area contributed by atoms with E-state index in [4.69, 9.17) is 9.47 Å². The first-order valence-electron chi connectivity index (χ1n) is 7.87. The molecule has 0 radical (unpaired) electrons. The minimum Gasteiger partial charge on any atom is -0.497 e. The number of carbonyl (C=O) groups is 1. The summed E-state index contributed by atoms with van der Waals surface area (Å²) in [4.78, 5) is 20.2. The van der Waals surface area contributed by atoms with E-state index in [0.29, 0.717) is 10.6 Å². The number of aryl methyl sites for hydroxylation is 1. The molecule has 2 amide bonds. The molecule has 0 spiro atoms. The summed E-state index contributed by atoms with van der Waals surface area (Å²) in [5.74, 6) is 1.39. The van der Waals surface area contributed by atoms with E-state index in [1.807, 2.05) is 35.9 Å². The van der Waals surface area contributed by atoms with Crippen LogP contribution in [0, 0.1) is 6.92 Å². The second kappa shape index (κ2) is 7.09. The number of nitrogens with zero attached hydrogens (tertiary/aromatic N) is 3. The van der Waals surface area contributed by atoms with Crippen molar-refractivity contribution in [3.63, 3.8) is 0 Å². The van der Waals surface area contributed by atoms with E-state index in [9.17, 15) is 4.79 Å². The van der Waals surface area contributed by atoms with Gasteiger partial charge >= 0.3 is 6.03 Å². The average molecular weight is 347 g/mol. The highest BCUT2D eigenvalue weighted by Crippen LogP contribution is 2.27. The number of thiazole rings is 1. The molecule has 1 aliphatic rings. The van der Waals surface area contributed by atoms with Crippen LogP contribution in [0.5, 0.6) is 11.5 Å². The Hall–Kier alpha value is -2.28. The number of urea groups is 1. The zero-order valence-corrected chi connectivity index (χ0v) is 14.9. The smallest absolute Gasteiger partial charge is 0.346 e. The second-order valence-electron chi connectivity index (χ2n) is 5.62. The van der Waals surface area contributed by atoms with Gasteiger partial charge in [0.1, 0.15) is 11.5 Å². The monoisotopic (exact) mass is 347 g/mol. The van der Waals surface area contributed by atoms with Crippen molar-refractivity contribution in [1.82, 2.24) is 9.47 Å². The van der Waals surface area contributed by atoms with E-state index in [-0.39, 0.29) is 6.03 Å². The lowest BCUT2D eigenvalue weighted by Crippen LogP contribution is -2.27. The zero-order valence-electron chi connectivity index (χ0n) is 14.1. The van der Waals surface area contributed by atoms with Gasteiger partial charge < -0.3 is 14.4 Å². The molecule has 24 heavy (non-hydrogen) atoms. The van der Waals surface area contributed by atoms with Crippen LogP contribution in [0.25, 0.3) is 5.69 Å². The first-order valence-corrected chi connectivity index (χ1v) is 8.69. The van der Waals surface area contributed by atoms with Crippen LogP contribution in [-0.2, 0) is 0 Å². The van der Waals surface area contributed by atoms with Crippen molar-refractivity contribution in [3.8, 4) is 17.2 Å². The van der Waals surface area contributed by atoms with E-state index in [0.717, 1.165) is 42.2 Å². The van der Waals surface area contributed by atoms with Crippen LogP contribution in [-0.4, -0.2) is 42.8 Å². The maximum atomic E-state index is 12.4. The molecule has 2 aromatic rings. The lowest BCUT2D eigenvalue weighted by molar-refractivity contribution is 0.218. The largest absolute Gasteiger partial charge is 0.497 e. The molecule has 0 bridgehead atoms. The topological polar surface area (TPSA) is 56.1 Å². The fraction of sp³-hybridized carbons (Fsp3) is 0.412. The third kappa shape index (κ3) is 3.31. The van der Waals surface area contributed by atoms with Gasteiger partial charge in [-0.05, 0) is 31.9 Å². The molecule has 2 heterocycles. The van der Waals surface area contributed by atoms with E-state index in [1.54, 1.807) is 19.1 Å². The minimum absolute atomic E-state index is 0.171. The number of likely N-dealkylation sites (tertiary alicyclic amines) is 1. The fourth-order valence-corrected chi connectivity index (χ4v) is 3.57. The molecule has 0 atom stereocenters. The number of hydrogen-bond donors (Lipinski definition) is 0. The van der Waals surface area contributed by atoms with Crippen molar-refractivity contribution in [3.05, 3.63) is 34.1 Å². The highest BCUT2D eigenvalue weighted by molar-refractivity contribution is 7.09. The van der Waals surface area contributed by atoms with E-state index >= 15 is 0 Å². The number of ether oxygens (including phenoxy) is 2. The first kappa shape index (κ1) is 16.6. The third-order valence-electron chi connectivity index (χ3n) is 3.98. The van der Waals surface area contributed by atoms with Gasteiger partial charge in [0, 0.05) is 30.2 Å². The normalized spacial score (nSPS) is 15.0. The Morgan fingerprint density at radius 3 is 2.62 bits per heavy atom. The number of benzene rings is 1. The molecule has 0 saturated carbocycles. The highest BCUT2D eigenvalue weighted by atomic mass is 32.1. The Balaban J connectivity index is 2.05. The molecule has 7 heteroatoms. The van der Waals surface area contributed by atoms with Crippen LogP contribution in [0.3, 0.4) is 0 Å². The number of carbonyl (C=O) groups excluding carboxylic acids is 1. The quantitative estimate of drug-likeness (QED) is 0.858. The molecule has 1 fully saturated rings. The average Bonchev–Trinajstić information content (AvgIpc) is 3.24. The molecule has 6 nitrogen and oxygen atoms in total. The van der Waals surface area contributed by atoms with Gasteiger partial charge in [-0.2, -0.15) is 4.99 Å². The van der Waals surface area contributed by atoms with Gasteiger partial charge in [-0.15, -0.1) is 11.3 Å². The maximum Gasteiger partial charge on any atom is 0.346 e. The fourth-order valence-electron chi connectivity index (χ4n) is 2.75. The molecule has 128 valence electrons. The summed E-state index contributed by atoms with van der Waals surface area (Å²) in [6, 6.07) is 5.42. The summed E-state index contributed by atoms with van der Waals surface area (Å²) < 4.78 is 12.6. The van der Waals surface area contributed by atoms with Gasteiger partial charge in [-0.1, -0.05) is 0 Å². The van der Waals surface area contributed by atoms with E-state index < -0.39 is 0 Å². The second-order valence-corrected chi connectivity index (χ2v) is 6.83. The van der Waals surface area contributed by atoms with Crippen molar-refractivity contribution < 1.29 is 14.3 Å². The molecule has 0 N–H and O–H groups in total. The summed E-state index contributed by atoms with van der Waals surface area (Å²) in [5.41, 5.74) is 0.829. The van der Waals surface area contributed by atoms with Crippen LogP contribution in [0.1, 0.15) is 17.7 Å². The summed E-state index contributed by atoms with van der Waals surface area (Å²) in [6.45, 7) is 3.58. The lowest BCUT2D eigenvalue weighted by Gasteiger charge is -2.12. The molecule has 1 aliphatic heterocycles. The molecule has 1 saturated heterocycles. The van der Waals surface area contributed by atoms with Crippen molar-refractivity contribution >= 4 is 17.4 Å². The van der Waals surface area contributed by atoms with Crippen LogP contribution in [0.2, 0.25) is 0 Å². The Labute approximate surface area is 145 Å². The molecular formula is C17H21N3O3S. The van der Waals surface area contributed by atoms with E-state index in [1.165, 1.54) is 11.3 Å². The van der Waals surface area contributed by atoms with Crippen LogP contribution in [0.15, 0.2) is 29.4 Å². The predicted molar refractivity (Wildman–Crippen MR) is 93.3 cm³/mol. The SMILES string of the molecule is COc1ccc(-n2cc(C)sc2=NC(=O)N2CCCC2)c(OC)c1. The summed E-state index contributed by atoms with van der Waals surface area (Å²) in [5, 5.41) is 0. The van der Waals surface area contributed by atoms with Crippen LogP contribution in [0.4, 0.5) is 4.79 Å². The van der Waals surface area contributed by atoms with Gasteiger partial charge in [0.25, 0.3) is 0 Å². The van der Waals surface area contributed by atoms with Crippen molar-refractivity contribution in [2.75, 3.05) is 27.3 Å². The minimum atomic E-state index is -0.171. The standard InChI is InChI=1S/C17H21N3O3S/c1-12-11-20(14-7-6-13(22-2)10-15(14)23-3)17(24-12)18-16(21)19-8-4-5-9-19/h6-7,10-11H,4-5,8-9H2,1-3H3. The van der Waals surface area contributed by atoms with Crippen molar-refractivity contribution in [1.29, 1.82) is 0 Å². The number of hydrogen-bond acceptors (Lipinski definition) is 4. The number of methoxy groups -OCH3 is 2. The number of aromatic nitrogens is 1. The van der Waals surface area contributed by atoms with Gasteiger partial charge in [-0.25, -0.2) is 4.79 Å². The van der Waals surface area contributed by atoms with Gasteiger partial charge in [0.05, 0.1) is 19.9 Å². The Morgan fingerprint density at radius 1 is 1.21 bits per heavy atom. The molecule has 0 unspecified atom stereocenters. The van der Waals surface area contributed by atoms with Crippen LogP contribution < -0.4 is 14.3 Å². The molecule has 0 aliphatic carbocycles. The maximum absolute atomic E-state index is 12.4. The molecule has 1 aromatic carbocycles. The zero-order chi connectivity index (χ0) is 17.1. The van der Waals surface area contributed by atoms with Gasteiger partial charge in [-0.3, -0.25) is 4.57 Å². The molecule has 3 rings (SSSR count). The van der Waals surface area contributed by atoms with Crippen LogP contribution >= 0.6 is 11.3 Å². The Kier molecular flexibility index (Phi) is 4.89. The Bertz CT molecular complexity index is 804. The van der Waals surface area contributed by atoms with Gasteiger partial charge in [0.15, 0.2) is 4.80 Å². The number of amides is 2. The van der Waals surface area contributed by atoms with E-state index in [2.05, 4.69) is 4.99 Å².